The van der Waals surface area contributed by atoms with Crippen LogP contribution >= 0.6 is 12.4 Å². The second-order valence-corrected chi connectivity index (χ2v) is 7.06. The third-order valence-electron chi connectivity index (χ3n) is 5.05. The molecule has 2 atom stereocenters. The van der Waals surface area contributed by atoms with Crippen molar-refractivity contribution in [2.75, 3.05) is 25.0 Å². The summed E-state index contributed by atoms with van der Waals surface area (Å²) in [5.41, 5.74) is 1.29. The van der Waals surface area contributed by atoms with E-state index in [1.807, 2.05) is 30.3 Å². The van der Waals surface area contributed by atoms with Crippen molar-refractivity contribution < 1.29 is 10.2 Å². The lowest BCUT2D eigenvalue weighted by Gasteiger charge is -2.45. The molecule has 0 aliphatic carbocycles. The van der Waals surface area contributed by atoms with Crippen molar-refractivity contribution in [2.24, 2.45) is 0 Å². The summed E-state index contributed by atoms with van der Waals surface area (Å²) in [6, 6.07) is 17.2. The molecule has 142 valence electrons. The van der Waals surface area contributed by atoms with E-state index in [4.69, 9.17) is 0 Å². The average Bonchev–Trinajstić information content (AvgIpc) is 2.61. The Hall–Kier alpha value is -1.75. The zero-order valence-electron chi connectivity index (χ0n) is 15.3. The number of anilines is 1. The van der Waals surface area contributed by atoms with Crippen LogP contribution in [0.1, 0.15) is 25.3 Å². The van der Waals surface area contributed by atoms with Gasteiger partial charge in [-0.05, 0) is 49.2 Å². The van der Waals surface area contributed by atoms with E-state index in [-0.39, 0.29) is 24.2 Å². The van der Waals surface area contributed by atoms with Gasteiger partial charge in [-0.25, -0.2) is 0 Å². The topological polar surface area (TPSA) is 55.7 Å². The highest BCUT2D eigenvalue weighted by Crippen LogP contribution is 2.30. The molecule has 0 bridgehead atoms. The van der Waals surface area contributed by atoms with Gasteiger partial charge in [-0.3, -0.25) is 0 Å². The normalized spacial score (nSPS) is 23.2. The van der Waals surface area contributed by atoms with Crippen LogP contribution in [0.2, 0.25) is 0 Å². The Morgan fingerprint density at radius 3 is 2.46 bits per heavy atom. The predicted octanol–water partition coefficient (Wildman–Crippen LogP) is 3.68. The number of phenolic OH excluding ortho intramolecular Hbond substituents is 1. The summed E-state index contributed by atoms with van der Waals surface area (Å²) in [7, 11) is 0. The van der Waals surface area contributed by atoms with E-state index in [9.17, 15) is 10.2 Å². The summed E-state index contributed by atoms with van der Waals surface area (Å²) in [5, 5.41) is 24.4. The Morgan fingerprint density at radius 2 is 1.81 bits per heavy atom. The van der Waals surface area contributed by atoms with Gasteiger partial charge in [-0.1, -0.05) is 37.3 Å². The maximum Gasteiger partial charge on any atom is 0.115 e. The summed E-state index contributed by atoms with van der Waals surface area (Å²) in [5.74, 6) is 0.251. The van der Waals surface area contributed by atoms with Crippen LogP contribution in [0.3, 0.4) is 0 Å². The van der Waals surface area contributed by atoms with Gasteiger partial charge in [0, 0.05) is 25.2 Å². The summed E-state index contributed by atoms with van der Waals surface area (Å²) in [6.07, 6.45) is 2.50. The number of aliphatic hydroxyl groups is 1. The fraction of sp³-hybridized carbons (Fsp3) is 0.429. The molecule has 2 unspecified atom stereocenters. The Labute approximate surface area is 162 Å². The zero-order valence-corrected chi connectivity index (χ0v) is 16.1. The quantitative estimate of drug-likeness (QED) is 0.673. The van der Waals surface area contributed by atoms with Gasteiger partial charge in [0.1, 0.15) is 5.75 Å². The van der Waals surface area contributed by atoms with Crippen LogP contribution in [0.15, 0.2) is 54.6 Å². The summed E-state index contributed by atoms with van der Waals surface area (Å²) in [4.78, 5) is 2.41. The standard InChI is InChI=1S/C21H28N2O2.ClH/c1-2-13-23-14-12-21(25,15-17-6-4-3-5-7-17)20(16-23)22-18-8-10-19(24)11-9-18;/h3-11,20,22,24-25H,2,12-16H2,1H3;1H. The van der Waals surface area contributed by atoms with E-state index in [1.54, 1.807) is 12.1 Å². The van der Waals surface area contributed by atoms with Crippen molar-refractivity contribution in [2.45, 2.75) is 37.8 Å². The first kappa shape index (κ1) is 20.6. The molecule has 5 heteroatoms. The Bertz CT molecular complexity index is 665. The number of hydrogen-bond acceptors (Lipinski definition) is 4. The highest BCUT2D eigenvalue weighted by molar-refractivity contribution is 5.85. The number of rotatable bonds is 6. The van der Waals surface area contributed by atoms with E-state index in [2.05, 4.69) is 29.3 Å². The van der Waals surface area contributed by atoms with Crippen molar-refractivity contribution in [3.8, 4) is 5.75 Å². The number of benzene rings is 2. The van der Waals surface area contributed by atoms with Crippen LogP contribution in [-0.2, 0) is 6.42 Å². The van der Waals surface area contributed by atoms with Crippen LogP contribution in [-0.4, -0.2) is 46.4 Å². The second kappa shape index (κ2) is 9.26. The lowest BCUT2D eigenvalue weighted by Crippen LogP contribution is -2.59. The molecule has 2 aromatic carbocycles. The van der Waals surface area contributed by atoms with Gasteiger partial charge in [0.25, 0.3) is 0 Å². The Morgan fingerprint density at radius 1 is 1.12 bits per heavy atom. The van der Waals surface area contributed by atoms with Crippen molar-refractivity contribution in [1.82, 2.24) is 4.90 Å². The molecule has 0 amide bonds. The first-order valence-electron chi connectivity index (χ1n) is 9.13. The van der Waals surface area contributed by atoms with Gasteiger partial charge in [-0.2, -0.15) is 0 Å². The molecule has 1 saturated heterocycles. The van der Waals surface area contributed by atoms with Crippen LogP contribution in [0.4, 0.5) is 5.69 Å². The summed E-state index contributed by atoms with van der Waals surface area (Å²) >= 11 is 0. The maximum atomic E-state index is 11.4. The highest BCUT2D eigenvalue weighted by atomic mass is 35.5. The molecule has 1 aliphatic rings. The van der Waals surface area contributed by atoms with Gasteiger partial charge in [0.2, 0.25) is 0 Å². The number of nitrogens with zero attached hydrogens (tertiary/aromatic N) is 1. The fourth-order valence-electron chi connectivity index (χ4n) is 3.66. The first-order valence-corrected chi connectivity index (χ1v) is 9.13. The van der Waals surface area contributed by atoms with Crippen LogP contribution in [0, 0.1) is 0 Å². The van der Waals surface area contributed by atoms with Gasteiger partial charge in [0.15, 0.2) is 0 Å². The van der Waals surface area contributed by atoms with Crippen LogP contribution in [0.5, 0.6) is 5.75 Å². The number of aromatic hydroxyl groups is 1. The third-order valence-corrected chi connectivity index (χ3v) is 5.05. The van der Waals surface area contributed by atoms with Gasteiger partial charge >= 0.3 is 0 Å². The number of likely N-dealkylation sites (tertiary alicyclic amines) is 1. The fourth-order valence-corrected chi connectivity index (χ4v) is 3.66. The molecule has 2 aromatic rings. The molecule has 26 heavy (non-hydrogen) atoms. The minimum absolute atomic E-state index is 0. The molecule has 0 aromatic heterocycles. The molecular weight excluding hydrogens is 348 g/mol. The largest absolute Gasteiger partial charge is 0.508 e. The third kappa shape index (κ3) is 5.13. The maximum absolute atomic E-state index is 11.4. The number of halogens is 1. The predicted molar refractivity (Wildman–Crippen MR) is 109 cm³/mol. The second-order valence-electron chi connectivity index (χ2n) is 7.06. The van der Waals surface area contributed by atoms with E-state index in [0.717, 1.165) is 43.7 Å². The van der Waals surface area contributed by atoms with E-state index >= 15 is 0 Å². The smallest absolute Gasteiger partial charge is 0.115 e. The van der Waals surface area contributed by atoms with Crippen molar-refractivity contribution >= 4 is 18.1 Å². The molecule has 1 aliphatic heterocycles. The van der Waals surface area contributed by atoms with Crippen LogP contribution < -0.4 is 5.32 Å². The molecule has 4 nitrogen and oxygen atoms in total. The minimum Gasteiger partial charge on any atom is -0.508 e. The minimum atomic E-state index is -0.788. The molecule has 1 heterocycles. The molecule has 0 saturated carbocycles. The van der Waals surface area contributed by atoms with E-state index in [0.29, 0.717) is 6.42 Å². The van der Waals surface area contributed by atoms with Gasteiger partial charge in [-0.15, -0.1) is 12.4 Å². The molecule has 3 N–H and O–H groups in total. The Balaban J connectivity index is 0.00000243. The Kier molecular flexibility index (Phi) is 7.33. The molecule has 1 fully saturated rings. The van der Waals surface area contributed by atoms with Crippen molar-refractivity contribution in [1.29, 1.82) is 0 Å². The number of nitrogens with one attached hydrogen (secondary N) is 1. The zero-order chi connectivity index (χ0) is 17.7. The van der Waals surface area contributed by atoms with Crippen molar-refractivity contribution in [3.63, 3.8) is 0 Å². The van der Waals surface area contributed by atoms with E-state index < -0.39 is 5.60 Å². The molecular formula is C21H29ClN2O2. The number of phenols is 1. The van der Waals surface area contributed by atoms with E-state index in [1.165, 1.54) is 0 Å². The molecule has 0 spiro atoms. The average molecular weight is 377 g/mol. The molecule has 0 radical (unpaired) electrons. The lowest BCUT2D eigenvalue weighted by molar-refractivity contribution is -0.0316. The van der Waals surface area contributed by atoms with Gasteiger partial charge < -0.3 is 20.4 Å². The SMILES string of the molecule is CCCN1CCC(O)(Cc2ccccc2)C(Nc2ccc(O)cc2)C1.Cl. The lowest BCUT2D eigenvalue weighted by atomic mass is 9.81. The summed E-state index contributed by atoms with van der Waals surface area (Å²) in [6.45, 7) is 4.98. The first-order chi connectivity index (χ1) is 12.1. The number of hydrogen-bond donors (Lipinski definition) is 3. The van der Waals surface area contributed by atoms with Gasteiger partial charge in [0.05, 0.1) is 11.6 Å². The highest BCUT2D eigenvalue weighted by Gasteiger charge is 2.41. The van der Waals surface area contributed by atoms with Crippen LogP contribution in [0.25, 0.3) is 0 Å². The number of piperidine rings is 1. The van der Waals surface area contributed by atoms with Crippen molar-refractivity contribution in [3.05, 3.63) is 60.2 Å². The molecule has 3 rings (SSSR count). The monoisotopic (exact) mass is 376 g/mol. The summed E-state index contributed by atoms with van der Waals surface area (Å²) < 4.78 is 0.